The molecule has 0 atom stereocenters. The summed E-state index contributed by atoms with van der Waals surface area (Å²) in [5.41, 5.74) is 3.24. The van der Waals surface area contributed by atoms with Crippen molar-refractivity contribution in [2.24, 2.45) is 12.0 Å². The van der Waals surface area contributed by atoms with Gasteiger partial charge in [0, 0.05) is 61.1 Å². The third-order valence-corrected chi connectivity index (χ3v) is 7.68. The predicted molar refractivity (Wildman–Crippen MR) is 144 cm³/mol. The van der Waals surface area contributed by atoms with Crippen molar-refractivity contribution in [1.82, 2.24) is 19.5 Å². The van der Waals surface area contributed by atoms with Crippen molar-refractivity contribution in [3.8, 4) is 39.0 Å². The Labute approximate surface area is 217 Å². The third-order valence-electron chi connectivity index (χ3n) is 6.57. The van der Waals surface area contributed by atoms with Crippen molar-refractivity contribution in [3.63, 3.8) is 0 Å². The van der Waals surface area contributed by atoms with E-state index in [0.717, 1.165) is 39.9 Å². The molecule has 0 N–H and O–H groups in total. The maximum Gasteiger partial charge on any atom is 0.199 e. The summed E-state index contributed by atoms with van der Waals surface area (Å²) >= 11 is 1.42. The molecule has 6 rings (SSSR count). The first-order chi connectivity index (χ1) is 18.1. The molecule has 1 aliphatic carbocycles. The van der Waals surface area contributed by atoms with Crippen LogP contribution in [0.25, 0.3) is 43.4 Å². The van der Waals surface area contributed by atoms with Gasteiger partial charge in [0.15, 0.2) is 29.0 Å². The number of aliphatic imine (C=N–C) groups is 1. The Bertz CT molecular complexity index is 1640. The van der Waals surface area contributed by atoms with Crippen LogP contribution in [-0.4, -0.2) is 45.6 Å². The Morgan fingerprint density at radius 1 is 1.05 bits per heavy atom. The lowest BCUT2D eigenvalue weighted by Crippen LogP contribution is -2.30. The minimum atomic E-state index is -0.416. The molecule has 2 aromatic carbocycles. The summed E-state index contributed by atoms with van der Waals surface area (Å²) in [5, 5.41) is 0.791. The number of imidazole rings is 1. The molecule has 5 aromatic rings. The van der Waals surface area contributed by atoms with Crippen molar-refractivity contribution < 1.29 is 13.9 Å². The number of methoxy groups -OCH3 is 2. The van der Waals surface area contributed by atoms with Gasteiger partial charge in [0.05, 0.1) is 18.6 Å². The number of halogens is 1. The van der Waals surface area contributed by atoms with Gasteiger partial charge < -0.3 is 14.0 Å². The van der Waals surface area contributed by atoms with Gasteiger partial charge in [-0.25, -0.2) is 24.3 Å². The van der Waals surface area contributed by atoms with Crippen molar-refractivity contribution in [1.29, 1.82) is 0 Å². The van der Waals surface area contributed by atoms with E-state index in [4.69, 9.17) is 24.4 Å². The van der Waals surface area contributed by atoms with Gasteiger partial charge in [-0.2, -0.15) is 0 Å². The van der Waals surface area contributed by atoms with Crippen molar-refractivity contribution in [3.05, 3.63) is 66.7 Å². The van der Waals surface area contributed by atoms with E-state index in [1.165, 1.54) is 18.4 Å². The Hall–Kier alpha value is -3.95. The summed E-state index contributed by atoms with van der Waals surface area (Å²) in [4.78, 5) is 20.7. The third kappa shape index (κ3) is 4.10. The highest BCUT2D eigenvalue weighted by molar-refractivity contribution is 7.22. The van der Waals surface area contributed by atoms with Crippen LogP contribution in [0.2, 0.25) is 0 Å². The van der Waals surface area contributed by atoms with E-state index in [1.54, 1.807) is 31.5 Å². The highest BCUT2D eigenvalue weighted by atomic mass is 32.1. The minimum Gasteiger partial charge on any atom is -0.494 e. The number of aromatic nitrogens is 4. The maximum absolute atomic E-state index is 15.6. The lowest BCUT2D eigenvalue weighted by Gasteiger charge is -2.26. The molecule has 1 saturated carbocycles. The van der Waals surface area contributed by atoms with Crippen LogP contribution in [0, 0.1) is 5.82 Å². The number of thiophene rings is 1. The number of fused-ring (bicyclic) bond motifs is 1. The van der Waals surface area contributed by atoms with Crippen LogP contribution in [0.5, 0.6) is 5.75 Å². The van der Waals surface area contributed by atoms with Crippen molar-refractivity contribution >= 4 is 33.1 Å². The SMILES string of the molecule is COc1cccc(-c2sc3nc(-c4nccn4C)nc(N=C4CC(OC)C4)c3c2-c2ccccc2)c1F. The summed E-state index contributed by atoms with van der Waals surface area (Å²) in [5.74, 6) is 1.43. The summed E-state index contributed by atoms with van der Waals surface area (Å²) < 4.78 is 28.2. The van der Waals surface area contributed by atoms with E-state index in [9.17, 15) is 0 Å². The van der Waals surface area contributed by atoms with Crippen LogP contribution in [-0.2, 0) is 11.8 Å². The lowest BCUT2D eigenvalue weighted by molar-refractivity contribution is 0.0951. The average Bonchev–Trinajstić information content (AvgIpc) is 3.50. The Balaban J connectivity index is 1.67. The van der Waals surface area contributed by atoms with E-state index in [1.807, 2.05) is 48.1 Å². The standard InChI is InChI=1S/C28H24FN5O2S/c1-34-13-12-30-27(34)26-32-25(31-17-14-18(15-17)35-2)22-21(16-8-5-4-6-9-16)24(37-28(22)33-26)19-10-7-11-20(36-3)23(19)29/h4-13,18H,14-15H2,1-3H3. The average molecular weight is 514 g/mol. The Morgan fingerprint density at radius 3 is 2.57 bits per heavy atom. The van der Waals surface area contributed by atoms with Gasteiger partial charge in [-0.15, -0.1) is 11.3 Å². The van der Waals surface area contributed by atoms with Gasteiger partial charge >= 0.3 is 0 Å². The fourth-order valence-electron chi connectivity index (χ4n) is 4.53. The van der Waals surface area contributed by atoms with E-state index < -0.39 is 5.82 Å². The van der Waals surface area contributed by atoms with Gasteiger partial charge in [-0.05, 0) is 11.6 Å². The largest absolute Gasteiger partial charge is 0.494 e. The smallest absolute Gasteiger partial charge is 0.199 e. The zero-order valence-corrected chi connectivity index (χ0v) is 21.4. The van der Waals surface area contributed by atoms with Crippen LogP contribution in [0.15, 0.2) is 65.9 Å². The molecule has 0 aliphatic heterocycles. The second-order valence-electron chi connectivity index (χ2n) is 8.85. The second kappa shape index (κ2) is 9.49. The zero-order chi connectivity index (χ0) is 25.5. The second-order valence-corrected chi connectivity index (χ2v) is 9.85. The monoisotopic (exact) mass is 513 g/mol. The molecule has 0 unspecified atom stereocenters. The number of rotatable bonds is 6. The summed E-state index contributed by atoms with van der Waals surface area (Å²) in [6.07, 6.45) is 5.24. The minimum absolute atomic E-state index is 0.169. The molecule has 0 bridgehead atoms. The predicted octanol–water partition coefficient (Wildman–Crippen LogP) is 6.45. The molecular weight excluding hydrogens is 489 g/mol. The van der Waals surface area contributed by atoms with Gasteiger partial charge in [-0.3, -0.25) is 0 Å². The molecule has 37 heavy (non-hydrogen) atoms. The molecule has 9 heteroatoms. The molecule has 0 saturated heterocycles. The van der Waals surface area contributed by atoms with Gasteiger partial charge in [0.1, 0.15) is 4.83 Å². The molecule has 3 heterocycles. The first kappa shape index (κ1) is 23.4. The lowest BCUT2D eigenvalue weighted by atomic mass is 9.93. The van der Waals surface area contributed by atoms with E-state index in [-0.39, 0.29) is 11.9 Å². The van der Waals surface area contributed by atoms with Crippen LogP contribution in [0.1, 0.15) is 12.8 Å². The molecular formula is C28H24FN5O2S. The summed E-state index contributed by atoms with van der Waals surface area (Å²) in [6.45, 7) is 0. The van der Waals surface area contributed by atoms with E-state index in [0.29, 0.717) is 27.9 Å². The highest BCUT2D eigenvalue weighted by Crippen LogP contribution is 2.49. The molecule has 0 amide bonds. The number of aryl methyl sites for hydroxylation is 1. The molecule has 186 valence electrons. The van der Waals surface area contributed by atoms with Crippen molar-refractivity contribution in [2.75, 3.05) is 14.2 Å². The number of nitrogens with zero attached hydrogens (tertiary/aromatic N) is 5. The number of ether oxygens (including phenoxy) is 2. The van der Waals surface area contributed by atoms with E-state index in [2.05, 4.69) is 4.98 Å². The van der Waals surface area contributed by atoms with E-state index >= 15 is 4.39 Å². The molecule has 1 fully saturated rings. The van der Waals surface area contributed by atoms with Gasteiger partial charge in [-0.1, -0.05) is 42.5 Å². The number of hydrogen-bond acceptors (Lipinski definition) is 7. The number of benzene rings is 2. The maximum atomic E-state index is 15.6. The first-order valence-electron chi connectivity index (χ1n) is 11.9. The fourth-order valence-corrected chi connectivity index (χ4v) is 5.74. The number of hydrogen-bond donors (Lipinski definition) is 0. The fraction of sp³-hybridized carbons (Fsp3) is 0.214. The first-order valence-corrected chi connectivity index (χ1v) is 12.7. The molecule has 1 aliphatic rings. The normalized spacial score (nSPS) is 15.1. The molecule has 0 radical (unpaired) electrons. The van der Waals surface area contributed by atoms with Crippen molar-refractivity contribution in [2.45, 2.75) is 18.9 Å². The van der Waals surface area contributed by atoms with Crippen LogP contribution >= 0.6 is 11.3 Å². The van der Waals surface area contributed by atoms with Gasteiger partial charge in [0.2, 0.25) is 0 Å². The Morgan fingerprint density at radius 2 is 1.86 bits per heavy atom. The summed E-state index contributed by atoms with van der Waals surface area (Å²) in [7, 11) is 5.08. The quantitative estimate of drug-likeness (QED) is 0.261. The van der Waals surface area contributed by atoms with Crippen LogP contribution < -0.4 is 4.74 Å². The Kier molecular flexibility index (Phi) is 6.02. The zero-order valence-electron chi connectivity index (χ0n) is 20.6. The van der Waals surface area contributed by atoms with Crippen LogP contribution in [0.3, 0.4) is 0 Å². The highest BCUT2D eigenvalue weighted by Gasteiger charge is 2.28. The summed E-state index contributed by atoms with van der Waals surface area (Å²) in [6, 6.07) is 15.1. The molecule has 7 nitrogen and oxygen atoms in total. The van der Waals surface area contributed by atoms with Gasteiger partial charge in [0.25, 0.3) is 0 Å². The topological polar surface area (TPSA) is 74.4 Å². The van der Waals surface area contributed by atoms with Crippen LogP contribution in [0.4, 0.5) is 10.2 Å². The molecule has 3 aromatic heterocycles. The molecule has 0 spiro atoms.